The quantitative estimate of drug-likeness (QED) is 0.907. The lowest BCUT2D eigenvalue weighted by molar-refractivity contribution is 0.199. The summed E-state index contributed by atoms with van der Waals surface area (Å²) in [7, 11) is 0. The number of aliphatic hydroxyl groups is 1. The number of benzene rings is 1. The fourth-order valence-corrected chi connectivity index (χ4v) is 1.93. The molecule has 5 heteroatoms. The summed E-state index contributed by atoms with van der Waals surface area (Å²) in [5.74, 6) is -0.435. The highest BCUT2D eigenvalue weighted by molar-refractivity contribution is 6.31. The Morgan fingerprint density at radius 2 is 2.06 bits per heavy atom. The number of hydrogen-bond donors (Lipinski definition) is 1. The monoisotopic (exact) mass is 268 g/mol. The molecule has 0 fully saturated rings. The Hall–Kier alpha value is -1.39. The Morgan fingerprint density at radius 3 is 2.50 bits per heavy atom. The average molecular weight is 269 g/mol. The van der Waals surface area contributed by atoms with Crippen molar-refractivity contribution in [1.29, 1.82) is 0 Å². The lowest BCUT2D eigenvalue weighted by Crippen LogP contribution is -2.03. The highest BCUT2D eigenvalue weighted by Crippen LogP contribution is 2.25. The minimum absolute atomic E-state index is 0.326. The van der Waals surface area contributed by atoms with Crippen LogP contribution in [0.5, 0.6) is 0 Å². The van der Waals surface area contributed by atoms with Gasteiger partial charge in [-0.1, -0.05) is 17.7 Å². The number of aromatic nitrogens is 2. The molecule has 96 valence electrons. The number of rotatable bonds is 2. The van der Waals surface area contributed by atoms with Crippen molar-refractivity contribution in [2.45, 2.75) is 26.9 Å². The predicted octanol–water partition coefficient (Wildman–Crippen LogP) is 3.33. The second kappa shape index (κ2) is 4.71. The summed E-state index contributed by atoms with van der Waals surface area (Å²) in [4.78, 5) is 0. The Morgan fingerprint density at radius 1 is 1.39 bits per heavy atom. The summed E-state index contributed by atoms with van der Waals surface area (Å²) in [5, 5.41) is 14.1. The highest BCUT2D eigenvalue weighted by atomic mass is 35.5. The average Bonchev–Trinajstić information content (AvgIpc) is 2.57. The zero-order chi connectivity index (χ0) is 13.4. The van der Waals surface area contributed by atoms with Gasteiger partial charge in [0.1, 0.15) is 11.5 Å². The third-order valence-corrected chi connectivity index (χ3v) is 3.43. The van der Waals surface area contributed by atoms with E-state index >= 15 is 0 Å². The Labute approximate surface area is 110 Å². The summed E-state index contributed by atoms with van der Waals surface area (Å²) in [6.07, 6.45) is -0.697. The summed E-state index contributed by atoms with van der Waals surface area (Å²) < 4.78 is 15.5. The van der Waals surface area contributed by atoms with Crippen LogP contribution in [-0.4, -0.2) is 14.9 Å². The summed E-state index contributed by atoms with van der Waals surface area (Å²) in [6, 6.07) is 4.57. The van der Waals surface area contributed by atoms with Crippen LogP contribution in [0.15, 0.2) is 18.2 Å². The molecule has 0 unspecified atom stereocenters. The van der Waals surface area contributed by atoms with Crippen LogP contribution in [0.4, 0.5) is 4.39 Å². The molecule has 0 saturated carbocycles. The smallest absolute Gasteiger partial charge is 0.149 e. The molecule has 0 amide bonds. The second-order valence-electron chi connectivity index (χ2n) is 4.28. The van der Waals surface area contributed by atoms with E-state index < -0.39 is 11.9 Å². The predicted molar refractivity (Wildman–Crippen MR) is 68.6 cm³/mol. The molecule has 1 N–H and O–H groups in total. The van der Waals surface area contributed by atoms with Crippen LogP contribution in [0.1, 0.15) is 30.0 Å². The molecular weight excluding hydrogens is 255 g/mol. The molecule has 0 spiro atoms. The number of aryl methyl sites for hydroxylation is 1. The maximum Gasteiger partial charge on any atom is 0.149 e. The van der Waals surface area contributed by atoms with E-state index in [9.17, 15) is 9.50 Å². The third kappa shape index (κ3) is 2.13. The van der Waals surface area contributed by atoms with Crippen molar-refractivity contribution in [2.75, 3.05) is 0 Å². The van der Waals surface area contributed by atoms with Gasteiger partial charge < -0.3 is 5.11 Å². The SMILES string of the molecule is Cc1nn(-c2ccc([C@@H](C)O)cc2F)c(C)c1Cl. The molecule has 2 aromatic rings. The van der Waals surface area contributed by atoms with Gasteiger partial charge in [-0.2, -0.15) is 5.10 Å². The van der Waals surface area contributed by atoms with Gasteiger partial charge >= 0.3 is 0 Å². The zero-order valence-electron chi connectivity index (χ0n) is 10.4. The molecule has 1 heterocycles. The zero-order valence-corrected chi connectivity index (χ0v) is 11.2. The van der Waals surface area contributed by atoms with E-state index in [2.05, 4.69) is 5.10 Å². The summed E-state index contributed by atoms with van der Waals surface area (Å²) in [5.41, 5.74) is 2.21. The molecule has 0 aliphatic carbocycles. The standard InChI is InChI=1S/C13H14ClFN2O/c1-7-13(14)8(2)17(16-7)12-5-4-10(9(3)18)6-11(12)15/h4-6,9,18H,1-3H3/t9-/m1/s1. The largest absolute Gasteiger partial charge is 0.389 e. The van der Waals surface area contributed by atoms with Crippen molar-refractivity contribution in [3.05, 3.63) is 46.0 Å². The maximum absolute atomic E-state index is 14.0. The molecule has 1 aromatic carbocycles. The minimum atomic E-state index is -0.697. The first-order chi connectivity index (χ1) is 8.41. The normalized spacial score (nSPS) is 12.8. The topological polar surface area (TPSA) is 38.0 Å². The van der Waals surface area contributed by atoms with Gasteiger partial charge in [-0.05, 0) is 38.5 Å². The highest BCUT2D eigenvalue weighted by Gasteiger charge is 2.14. The molecule has 0 radical (unpaired) electrons. The Kier molecular flexibility index (Phi) is 3.41. The fraction of sp³-hybridized carbons (Fsp3) is 0.308. The number of aliphatic hydroxyl groups excluding tert-OH is 1. The van der Waals surface area contributed by atoms with Gasteiger partial charge in [0.15, 0.2) is 0 Å². The minimum Gasteiger partial charge on any atom is -0.389 e. The Bertz CT molecular complexity index is 593. The van der Waals surface area contributed by atoms with Crippen molar-refractivity contribution in [3.8, 4) is 5.69 Å². The lowest BCUT2D eigenvalue weighted by Gasteiger charge is -2.09. The van der Waals surface area contributed by atoms with Crippen molar-refractivity contribution < 1.29 is 9.50 Å². The molecular formula is C13H14ClFN2O. The fourth-order valence-electron chi connectivity index (χ4n) is 1.81. The van der Waals surface area contributed by atoms with Gasteiger partial charge in [0.05, 0.1) is 22.5 Å². The molecule has 18 heavy (non-hydrogen) atoms. The molecule has 2 rings (SSSR count). The van der Waals surface area contributed by atoms with Crippen molar-refractivity contribution in [3.63, 3.8) is 0 Å². The molecule has 3 nitrogen and oxygen atoms in total. The van der Waals surface area contributed by atoms with Crippen LogP contribution < -0.4 is 0 Å². The summed E-state index contributed by atoms with van der Waals surface area (Å²) >= 11 is 6.04. The van der Waals surface area contributed by atoms with Gasteiger partial charge in [0.25, 0.3) is 0 Å². The van der Waals surface area contributed by atoms with E-state index in [4.69, 9.17) is 11.6 Å². The van der Waals surface area contributed by atoms with Gasteiger partial charge in [-0.15, -0.1) is 0 Å². The molecule has 0 saturated heterocycles. The third-order valence-electron chi connectivity index (χ3n) is 2.89. The van der Waals surface area contributed by atoms with Crippen molar-refractivity contribution in [1.82, 2.24) is 9.78 Å². The van der Waals surface area contributed by atoms with E-state index in [0.717, 1.165) is 0 Å². The van der Waals surface area contributed by atoms with Gasteiger partial charge in [0.2, 0.25) is 0 Å². The molecule has 1 aromatic heterocycles. The number of halogens is 2. The first-order valence-electron chi connectivity index (χ1n) is 5.61. The van der Waals surface area contributed by atoms with Gasteiger partial charge in [-0.25, -0.2) is 9.07 Å². The number of hydrogen-bond acceptors (Lipinski definition) is 2. The van der Waals surface area contributed by atoms with E-state index in [0.29, 0.717) is 27.7 Å². The van der Waals surface area contributed by atoms with Crippen LogP contribution >= 0.6 is 11.6 Å². The van der Waals surface area contributed by atoms with Crippen LogP contribution in [0.2, 0.25) is 5.02 Å². The lowest BCUT2D eigenvalue weighted by atomic mass is 10.1. The molecule has 0 aliphatic heterocycles. The van der Waals surface area contributed by atoms with Crippen LogP contribution in [0, 0.1) is 19.7 Å². The molecule has 0 bridgehead atoms. The molecule has 1 atom stereocenters. The summed E-state index contributed by atoms with van der Waals surface area (Å²) in [6.45, 7) is 5.15. The van der Waals surface area contributed by atoms with Crippen molar-refractivity contribution in [2.24, 2.45) is 0 Å². The van der Waals surface area contributed by atoms with E-state index in [1.807, 2.05) is 0 Å². The van der Waals surface area contributed by atoms with Crippen molar-refractivity contribution >= 4 is 11.6 Å². The Balaban J connectivity index is 2.54. The van der Waals surface area contributed by atoms with Crippen LogP contribution in [-0.2, 0) is 0 Å². The number of nitrogens with zero attached hydrogens (tertiary/aromatic N) is 2. The van der Waals surface area contributed by atoms with Crippen LogP contribution in [0.3, 0.4) is 0 Å². The second-order valence-corrected chi connectivity index (χ2v) is 4.66. The first kappa shape index (κ1) is 13.1. The maximum atomic E-state index is 14.0. The van der Waals surface area contributed by atoms with Gasteiger partial charge in [0, 0.05) is 0 Å². The van der Waals surface area contributed by atoms with E-state index in [1.165, 1.54) is 10.7 Å². The van der Waals surface area contributed by atoms with Gasteiger partial charge in [-0.3, -0.25) is 0 Å². The first-order valence-corrected chi connectivity index (χ1v) is 5.99. The van der Waals surface area contributed by atoms with E-state index in [-0.39, 0.29) is 0 Å². The van der Waals surface area contributed by atoms with E-state index in [1.54, 1.807) is 32.9 Å². The molecule has 0 aliphatic rings. The van der Waals surface area contributed by atoms with Crippen LogP contribution in [0.25, 0.3) is 5.69 Å².